The summed E-state index contributed by atoms with van der Waals surface area (Å²) in [5.41, 5.74) is 1.80. The monoisotopic (exact) mass is 367 g/mol. The van der Waals surface area contributed by atoms with E-state index in [9.17, 15) is 9.59 Å². The Balaban J connectivity index is 1.72. The molecule has 0 spiro atoms. The van der Waals surface area contributed by atoms with Gasteiger partial charge in [-0.1, -0.05) is 22.9 Å². The molecule has 120 valence electrons. The van der Waals surface area contributed by atoms with Crippen LogP contribution in [0.2, 0.25) is 0 Å². The SMILES string of the molecule is Cc1cc(Br)ccc1NC(=O)CCNC(=O)C(C)C1CNC1. The molecule has 0 aliphatic carbocycles. The standard InChI is InChI=1S/C16H22BrN3O2/c1-10-7-13(17)3-4-14(10)20-15(21)5-6-19-16(22)11(2)12-8-18-9-12/h3-4,7,11-12,18H,5-6,8-9H2,1-2H3,(H,19,22)(H,20,21). The molecule has 1 aliphatic rings. The number of hydrogen-bond donors (Lipinski definition) is 3. The fourth-order valence-electron chi connectivity index (χ4n) is 2.32. The van der Waals surface area contributed by atoms with Crippen molar-refractivity contribution < 1.29 is 9.59 Å². The molecule has 1 atom stereocenters. The third-order valence-corrected chi connectivity index (χ3v) is 4.54. The molecule has 3 N–H and O–H groups in total. The molecule has 1 saturated heterocycles. The number of benzene rings is 1. The zero-order valence-corrected chi connectivity index (χ0v) is 14.5. The largest absolute Gasteiger partial charge is 0.355 e. The van der Waals surface area contributed by atoms with Gasteiger partial charge in [-0.15, -0.1) is 0 Å². The summed E-state index contributed by atoms with van der Waals surface area (Å²) in [6, 6.07) is 5.70. The summed E-state index contributed by atoms with van der Waals surface area (Å²) < 4.78 is 0.981. The lowest BCUT2D eigenvalue weighted by atomic mass is 9.88. The predicted molar refractivity (Wildman–Crippen MR) is 90.7 cm³/mol. The Kier molecular flexibility index (Phi) is 5.97. The van der Waals surface area contributed by atoms with E-state index in [1.165, 1.54) is 0 Å². The lowest BCUT2D eigenvalue weighted by Crippen LogP contribution is -2.49. The fourth-order valence-corrected chi connectivity index (χ4v) is 2.79. The molecule has 2 rings (SSSR count). The summed E-state index contributed by atoms with van der Waals surface area (Å²) >= 11 is 3.39. The molecule has 0 radical (unpaired) electrons. The summed E-state index contributed by atoms with van der Waals surface area (Å²) in [5, 5.41) is 8.86. The number of carbonyl (C=O) groups excluding carboxylic acids is 2. The summed E-state index contributed by atoms with van der Waals surface area (Å²) in [6.45, 7) is 6.04. The maximum absolute atomic E-state index is 11.9. The van der Waals surface area contributed by atoms with Crippen LogP contribution in [0.25, 0.3) is 0 Å². The minimum absolute atomic E-state index is 0.00182. The van der Waals surface area contributed by atoms with Gasteiger partial charge in [-0.3, -0.25) is 9.59 Å². The molecule has 1 aliphatic heterocycles. The number of anilines is 1. The molecule has 22 heavy (non-hydrogen) atoms. The Morgan fingerprint density at radius 2 is 2.14 bits per heavy atom. The maximum atomic E-state index is 11.9. The van der Waals surface area contributed by atoms with Crippen molar-refractivity contribution in [2.24, 2.45) is 11.8 Å². The first-order chi connectivity index (χ1) is 10.5. The zero-order chi connectivity index (χ0) is 16.1. The lowest BCUT2D eigenvalue weighted by molar-refractivity contribution is -0.126. The molecule has 5 nitrogen and oxygen atoms in total. The number of rotatable bonds is 6. The van der Waals surface area contributed by atoms with Crippen molar-refractivity contribution in [3.05, 3.63) is 28.2 Å². The van der Waals surface area contributed by atoms with Gasteiger partial charge in [-0.2, -0.15) is 0 Å². The van der Waals surface area contributed by atoms with Gasteiger partial charge in [-0.25, -0.2) is 0 Å². The fraction of sp³-hybridized carbons (Fsp3) is 0.500. The molecule has 0 aromatic heterocycles. The molecule has 0 bridgehead atoms. The van der Waals surface area contributed by atoms with Crippen molar-refractivity contribution in [1.82, 2.24) is 10.6 Å². The van der Waals surface area contributed by atoms with Gasteiger partial charge >= 0.3 is 0 Å². The van der Waals surface area contributed by atoms with Crippen LogP contribution in [0.15, 0.2) is 22.7 Å². The molecule has 1 fully saturated rings. The van der Waals surface area contributed by atoms with Gasteiger partial charge in [-0.05, 0) is 49.7 Å². The lowest BCUT2D eigenvalue weighted by Gasteiger charge is -2.31. The average molecular weight is 368 g/mol. The number of carbonyl (C=O) groups is 2. The van der Waals surface area contributed by atoms with E-state index in [0.717, 1.165) is 28.8 Å². The third kappa shape index (κ3) is 4.55. The Hall–Kier alpha value is -1.40. The van der Waals surface area contributed by atoms with E-state index in [2.05, 4.69) is 31.9 Å². The summed E-state index contributed by atoms with van der Waals surface area (Å²) in [6.07, 6.45) is 0.275. The van der Waals surface area contributed by atoms with E-state index in [0.29, 0.717) is 12.5 Å². The van der Waals surface area contributed by atoms with Gasteiger partial charge in [0.25, 0.3) is 0 Å². The van der Waals surface area contributed by atoms with Crippen molar-refractivity contribution in [3.8, 4) is 0 Å². The van der Waals surface area contributed by atoms with Crippen LogP contribution in [-0.4, -0.2) is 31.4 Å². The predicted octanol–water partition coefficient (Wildman–Crippen LogP) is 2.06. The van der Waals surface area contributed by atoms with Crippen LogP contribution in [0.5, 0.6) is 0 Å². The van der Waals surface area contributed by atoms with E-state index in [4.69, 9.17) is 0 Å². The Morgan fingerprint density at radius 3 is 2.73 bits per heavy atom. The van der Waals surface area contributed by atoms with E-state index < -0.39 is 0 Å². The number of halogens is 1. The van der Waals surface area contributed by atoms with Crippen LogP contribution in [0.1, 0.15) is 18.9 Å². The first-order valence-corrected chi connectivity index (χ1v) is 8.31. The van der Waals surface area contributed by atoms with E-state index in [-0.39, 0.29) is 24.2 Å². The van der Waals surface area contributed by atoms with Gasteiger partial charge in [0, 0.05) is 29.0 Å². The van der Waals surface area contributed by atoms with E-state index >= 15 is 0 Å². The van der Waals surface area contributed by atoms with Crippen LogP contribution in [0, 0.1) is 18.8 Å². The number of nitrogens with one attached hydrogen (secondary N) is 3. The normalized spacial score (nSPS) is 15.8. The van der Waals surface area contributed by atoms with E-state index in [1.807, 2.05) is 32.0 Å². The third-order valence-electron chi connectivity index (χ3n) is 4.05. The van der Waals surface area contributed by atoms with Crippen molar-refractivity contribution in [2.45, 2.75) is 20.3 Å². The zero-order valence-electron chi connectivity index (χ0n) is 12.9. The molecule has 1 heterocycles. The first kappa shape index (κ1) is 17.0. The van der Waals surface area contributed by atoms with Gasteiger partial charge < -0.3 is 16.0 Å². The Labute approximate surface area is 139 Å². The smallest absolute Gasteiger partial charge is 0.226 e. The highest BCUT2D eigenvalue weighted by atomic mass is 79.9. The van der Waals surface area contributed by atoms with Crippen LogP contribution < -0.4 is 16.0 Å². The quantitative estimate of drug-likeness (QED) is 0.720. The molecule has 2 amide bonds. The van der Waals surface area contributed by atoms with Crippen LogP contribution in [-0.2, 0) is 9.59 Å². The molecular formula is C16H22BrN3O2. The van der Waals surface area contributed by atoms with Crippen LogP contribution in [0.4, 0.5) is 5.69 Å². The van der Waals surface area contributed by atoms with E-state index in [1.54, 1.807) is 0 Å². The van der Waals surface area contributed by atoms with Crippen molar-refractivity contribution in [1.29, 1.82) is 0 Å². The summed E-state index contributed by atoms with van der Waals surface area (Å²) in [5.74, 6) is 0.347. The second kappa shape index (κ2) is 7.74. The summed E-state index contributed by atoms with van der Waals surface area (Å²) in [4.78, 5) is 23.9. The highest BCUT2D eigenvalue weighted by Crippen LogP contribution is 2.20. The Morgan fingerprint density at radius 1 is 1.41 bits per heavy atom. The first-order valence-electron chi connectivity index (χ1n) is 7.52. The Bertz CT molecular complexity index is 558. The number of aryl methyl sites for hydroxylation is 1. The molecule has 0 saturated carbocycles. The minimum Gasteiger partial charge on any atom is -0.355 e. The number of amides is 2. The van der Waals surface area contributed by atoms with Crippen molar-refractivity contribution >= 4 is 33.4 Å². The maximum Gasteiger partial charge on any atom is 0.226 e. The highest BCUT2D eigenvalue weighted by Gasteiger charge is 2.28. The molecule has 6 heteroatoms. The second-order valence-electron chi connectivity index (χ2n) is 5.76. The van der Waals surface area contributed by atoms with Crippen LogP contribution >= 0.6 is 15.9 Å². The average Bonchev–Trinajstić information content (AvgIpc) is 2.40. The molecule has 1 unspecified atom stereocenters. The second-order valence-corrected chi connectivity index (χ2v) is 6.67. The summed E-state index contributed by atoms with van der Waals surface area (Å²) in [7, 11) is 0. The van der Waals surface area contributed by atoms with Crippen molar-refractivity contribution in [2.75, 3.05) is 25.0 Å². The van der Waals surface area contributed by atoms with Gasteiger partial charge in [0.2, 0.25) is 11.8 Å². The minimum atomic E-state index is -0.0938. The highest BCUT2D eigenvalue weighted by molar-refractivity contribution is 9.10. The number of hydrogen-bond acceptors (Lipinski definition) is 3. The molecular weight excluding hydrogens is 346 g/mol. The molecule has 1 aromatic carbocycles. The van der Waals surface area contributed by atoms with Crippen LogP contribution in [0.3, 0.4) is 0 Å². The molecule has 1 aromatic rings. The topological polar surface area (TPSA) is 70.2 Å². The van der Waals surface area contributed by atoms with Gasteiger partial charge in [0.1, 0.15) is 0 Å². The van der Waals surface area contributed by atoms with Gasteiger partial charge in [0.15, 0.2) is 0 Å². The van der Waals surface area contributed by atoms with Gasteiger partial charge in [0.05, 0.1) is 0 Å². The van der Waals surface area contributed by atoms with Crippen molar-refractivity contribution in [3.63, 3.8) is 0 Å².